The summed E-state index contributed by atoms with van der Waals surface area (Å²) >= 11 is 0. The first-order valence-electron chi connectivity index (χ1n) is 7.17. The maximum Gasteiger partial charge on any atom is 0.122 e. The second kappa shape index (κ2) is 6.59. The van der Waals surface area contributed by atoms with E-state index in [4.69, 9.17) is 9.47 Å². The molecule has 0 fully saturated rings. The number of hydrogen-bond donors (Lipinski definition) is 1. The number of benzene rings is 1. The van der Waals surface area contributed by atoms with Gasteiger partial charge in [0.05, 0.1) is 13.2 Å². The molecule has 3 heteroatoms. The van der Waals surface area contributed by atoms with Crippen molar-refractivity contribution in [2.45, 2.75) is 53.8 Å². The van der Waals surface area contributed by atoms with Crippen molar-refractivity contribution < 1.29 is 14.6 Å². The number of aryl methyl sites for hydroxylation is 2. The van der Waals surface area contributed by atoms with Gasteiger partial charge in [0.2, 0.25) is 0 Å². The Morgan fingerprint density at radius 1 is 1.15 bits per heavy atom. The maximum atomic E-state index is 10.8. The highest BCUT2D eigenvalue weighted by atomic mass is 16.5. The number of methoxy groups -OCH3 is 1. The van der Waals surface area contributed by atoms with Crippen molar-refractivity contribution in [1.29, 1.82) is 0 Å². The molecule has 0 bridgehead atoms. The molecular weight excluding hydrogens is 252 g/mol. The first-order valence-corrected chi connectivity index (χ1v) is 7.17. The highest BCUT2D eigenvalue weighted by Gasteiger charge is 2.33. The molecule has 0 radical (unpaired) electrons. The molecule has 0 saturated carbocycles. The summed E-state index contributed by atoms with van der Waals surface area (Å²) in [6.07, 6.45) is -0.876. The maximum absolute atomic E-state index is 10.8. The van der Waals surface area contributed by atoms with Crippen LogP contribution in [0.4, 0.5) is 0 Å². The summed E-state index contributed by atoms with van der Waals surface area (Å²) < 4.78 is 11.1. The number of ether oxygens (including phenoxy) is 2. The van der Waals surface area contributed by atoms with E-state index in [0.717, 1.165) is 22.4 Å². The Morgan fingerprint density at radius 2 is 1.75 bits per heavy atom. The van der Waals surface area contributed by atoms with Crippen molar-refractivity contribution in [1.82, 2.24) is 0 Å². The Bertz CT molecular complexity index is 446. The molecule has 1 aromatic carbocycles. The van der Waals surface area contributed by atoms with Crippen molar-refractivity contribution in [2.75, 3.05) is 13.7 Å². The summed E-state index contributed by atoms with van der Waals surface area (Å²) in [5.41, 5.74) is 2.83. The lowest BCUT2D eigenvalue weighted by Crippen LogP contribution is -2.35. The summed E-state index contributed by atoms with van der Waals surface area (Å²) in [4.78, 5) is 0. The molecular formula is C17H28O3. The Labute approximate surface area is 122 Å². The van der Waals surface area contributed by atoms with Crippen molar-refractivity contribution in [2.24, 2.45) is 5.41 Å². The van der Waals surface area contributed by atoms with Gasteiger partial charge in [0.1, 0.15) is 11.9 Å². The molecule has 0 amide bonds. The zero-order valence-electron chi connectivity index (χ0n) is 13.8. The van der Waals surface area contributed by atoms with E-state index in [1.807, 2.05) is 32.9 Å². The fourth-order valence-electron chi connectivity index (χ4n) is 2.51. The van der Waals surface area contributed by atoms with E-state index in [0.29, 0.717) is 6.61 Å². The summed E-state index contributed by atoms with van der Waals surface area (Å²) in [6.45, 7) is 12.8. The third kappa shape index (κ3) is 3.74. The average molecular weight is 280 g/mol. The van der Waals surface area contributed by atoms with Gasteiger partial charge in [0, 0.05) is 6.61 Å². The van der Waals surface area contributed by atoms with E-state index in [-0.39, 0.29) is 11.5 Å². The summed E-state index contributed by atoms with van der Waals surface area (Å²) in [5, 5.41) is 10.8. The van der Waals surface area contributed by atoms with Gasteiger partial charge < -0.3 is 14.6 Å². The molecule has 2 unspecified atom stereocenters. The van der Waals surface area contributed by atoms with Crippen LogP contribution >= 0.6 is 0 Å². The molecule has 2 atom stereocenters. The van der Waals surface area contributed by atoms with Crippen LogP contribution in [0.2, 0.25) is 0 Å². The van der Waals surface area contributed by atoms with Crippen molar-refractivity contribution in [3.63, 3.8) is 0 Å². The number of aliphatic hydroxyl groups is 1. The van der Waals surface area contributed by atoms with Crippen LogP contribution in [-0.4, -0.2) is 24.9 Å². The lowest BCUT2D eigenvalue weighted by molar-refractivity contribution is -0.0900. The van der Waals surface area contributed by atoms with Crippen LogP contribution in [-0.2, 0) is 4.74 Å². The fraction of sp³-hybridized carbons (Fsp3) is 0.647. The molecule has 0 saturated heterocycles. The van der Waals surface area contributed by atoms with Crippen molar-refractivity contribution in [3.8, 4) is 5.75 Å². The Kier molecular flexibility index (Phi) is 5.60. The smallest absolute Gasteiger partial charge is 0.122 e. The van der Waals surface area contributed by atoms with Gasteiger partial charge in [-0.2, -0.15) is 0 Å². The van der Waals surface area contributed by atoms with Crippen LogP contribution in [0.15, 0.2) is 12.1 Å². The van der Waals surface area contributed by atoms with Crippen LogP contribution in [0.25, 0.3) is 0 Å². The average Bonchev–Trinajstić information content (AvgIpc) is 2.36. The molecule has 0 heterocycles. The quantitative estimate of drug-likeness (QED) is 0.891. The molecule has 114 valence electrons. The number of hydrogen-bond acceptors (Lipinski definition) is 3. The first-order chi connectivity index (χ1) is 9.22. The largest absolute Gasteiger partial charge is 0.496 e. The van der Waals surface area contributed by atoms with Gasteiger partial charge in [-0.05, 0) is 55.0 Å². The summed E-state index contributed by atoms with van der Waals surface area (Å²) in [5.74, 6) is 0.849. The Balaban J connectivity index is 3.18. The number of rotatable bonds is 5. The Morgan fingerprint density at radius 3 is 2.20 bits per heavy atom. The van der Waals surface area contributed by atoms with E-state index in [9.17, 15) is 5.11 Å². The molecule has 0 aliphatic carbocycles. The fourth-order valence-corrected chi connectivity index (χ4v) is 2.51. The third-order valence-electron chi connectivity index (χ3n) is 3.59. The van der Waals surface area contributed by atoms with Gasteiger partial charge >= 0.3 is 0 Å². The zero-order valence-corrected chi connectivity index (χ0v) is 13.8. The number of aliphatic hydroxyl groups excluding tert-OH is 1. The summed E-state index contributed by atoms with van der Waals surface area (Å²) in [7, 11) is 1.66. The molecule has 1 N–H and O–H groups in total. The van der Waals surface area contributed by atoms with Crippen LogP contribution < -0.4 is 4.74 Å². The SMILES string of the molecule is CCOC(C(O)c1cc(C)c(OC)cc1C)C(C)(C)C. The molecule has 1 aromatic rings. The molecule has 0 aromatic heterocycles. The molecule has 20 heavy (non-hydrogen) atoms. The standard InChI is InChI=1S/C17H28O3/c1-8-20-16(17(4,5)6)15(18)13-9-12(3)14(19-7)10-11(13)2/h9-10,15-16,18H,8H2,1-7H3. The predicted molar refractivity (Wildman–Crippen MR) is 82.3 cm³/mol. The minimum atomic E-state index is -0.639. The third-order valence-corrected chi connectivity index (χ3v) is 3.59. The van der Waals surface area contributed by atoms with E-state index in [1.165, 1.54) is 0 Å². The van der Waals surface area contributed by atoms with Crippen LogP contribution in [0.5, 0.6) is 5.75 Å². The molecule has 0 spiro atoms. The van der Waals surface area contributed by atoms with Gasteiger partial charge in [-0.15, -0.1) is 0 Å². The molecule has 0 aliphatic rings. The second-order valence-corrected chi connectivity index (χ2v) is 6.37. The first kappa shape index (κ1) is 17.0. The van der Waals surface area contributed by atoms with Gasteiger partial charge in [-0.3, -0.25) is 0 Å². The van der Waals surface area contributed by atoms with E-state index < -0.39 is 6.10 Å². The van der Waals surface area contributed by atoms with Crippen LogP contribution in [0.1, 0.15) is 50.5 Å². The molecule has 0 aliphatic heterocycles. The predicted octanol–water partition coefficient (Wildman–Crippen LogP) is 3.80. The minimum Gasteiger partial charge on any atom is -0.496 e. The topological polar surface area (TPSA) is 38.7 Å². The van der Waals surface area contributed by atoms with Gasteiger partial charge in [0.25, 0.3) is 0 Å². The van der Waals surface area contributed by atoms with Gasteiger partial charge in [0.15, 0.2) is 0 Å². The summed E-state index contributed by atoms with van der Waals surface area (Å²) in [6, 6.07) is 3.97. The normalized spacial score (nSPS) is 15.0. The molecule has 1 rings (SSSR count). The van der Waals surface area contributed by atoms with Gasteiger partial charge in [-0.25, -0.2) is 0 Å². The van der Waals surface area contributed by atoms with Crippen molar-refractivity contribution in [3.05, 3.63) is 28.8 Å². The highest BCUT2D eigenvalue weighted by molar-refractivity contribution is 5.42. The molecule has 3 nitrogen and oxygen atoms in total. The zero-order chi connectivity index (χ0) is 15.5. The van der Waals surface area contributed by atoms with E-state index in [1.54, 1.807) is 7.11 Å². The van der Waals surface area contributed by atoms with Crippen LogP contribution in [0, 0.1) is 19.3 Å². The van der Waals surface area contributed by atoms with Crippen LogP contribution in [0.3, 0.4) is 0 Å². The monoisotopic (exact) mass is 280 g/mol. The van der Waals surface area contributed by atoms with E-state index >= 15 is 0 Å². The highest BCUT2D eigenvalue weighted by Crippen LogP contribution is 2.36. The minimum absolute atomic E-state index is 0.129. The van der Waals surface area contributed by atoms with E-state index in [2.05, 4.69) is 20.8 Å². The Hall–Kier alpha value is -1.06. The second-order valence-electron chi connectivity index (χ2n) is 6.37. The van der Waals surface area contributed by atoms with Crippen molar-refractivity contribution >= 4 is 0 Å². The lowest BCUT2D eigenvalue weighted by Gasteiger charge is -2.35. The lowest BCUT2D eigenvalue weighted by atomic mass is 9.82. The van der Waals surface area contributed by atoms with Gasteiger partial charge in [-0.1, -0.05) is 20.8 Å².